The molecule has 2 aromatic carbocycles. The number of carbonyl (C=O) groups excluding carboxylic acids is 1. The number of hydrogen-bond acceptors (Lipinski definition) is 5. The molecule has 0 aromatic heterocycles. The van der Waals surface area contributed by atoms with Gasteiger partial charge in [0.05, 0.1) is 17.7 Å². The standard InChI is InChI=1S/C20H21FN4O3S/c1-15(20(26)23-17-8-6-16(14-22)7-9-17)24-10-12-25(13-11-24)29(27,28)19-5-3-2-4-18(19)21/h2-9,15H,10-13H2,1H3,(H,23,26). The monoisotopic (exact) mass is 416 g/mol. The summed E-state index contributed by atoms with van der Waals surface area (Å²) >= 11 is 0. The van der Waals surface area contributed by atoms with Crippen LogP contribution >= 0.6 is 0 Å². The summed E-state index contributed by atoms with van der Waals surface area (Å²) in [7, 11) is -3.91. The molecule has 1 N–H and O–H groups in total. The fraction of sp³-hybridized carbons (Fsp3) is 0.300. The number of benzene rings is 2. The summed E-state index contributed by atoms with van der Waals surface area (Å²) in [6.07, 6.45) is 0. The number of amides is 1. The fourth-order valence-electron chi connectivity index (χ4n) is 3.16. The first-order valence-corrected chi connectivity index (χ1v) is 10.6. The number of rotatable bonds is 5. The van der Waals surface area contributed by atoms with Gasteiger partial charge in [-0.05, 0) is 43.3 Å². The molecular formula is C20H21FN4O3S. The molecule has 152 valence electrons. The second-order valence-corrected chi connectivity index (χ2v) is 8.63. The van der Waals surface area contributed by atoms with Crippen molar-refractivity contribution in [3.8, 4) is 6.07 Å². The Morgan fingerprint density at radius 2 is 1.72 bits per heavy atom. The molecule has 1 heterocycles. The molecule has 1 amide bonds. The summed E-state index contributed by atoms with van der Waals surface area (Å²) in [6.45, 7) is 2.81. The molecule has 0 spiro atoms. The molecule has 29 heavy (non-hydrogen) atoms. The molecule has 3 rings (SSSR count). The number of hydrogen-bond donors (Lipinski definition) is 1. The molecule has 0 saturated carbocycles. The van der Waals surface area contributed by atoms with Crippen molar-refractivity contribution in [3.63, 3.8) is 0 Å². The van der Waals surface area contributed by atoms with Crippen LogP contribution in [0.5, 0.6) is 0 Å². The maximum absolute atomic E-state index is 13.9. The lowest BCUT2D eigenvalue weighted by Crippen LogP contribution is -2.54. The van der Waals surface area contributed by atoms with Crippen LogP contribution in [0.4, 0.5) is 10.1 Å². The predicted octanol–water partition coefficient (Wildman–Crippen LogP) is 2.03. The largest absolute Gasteiger partial charge is 0.325 e. The van der Waals surface area contributed by atoms with Gasteiger partial charge in [-0.25, -0.2) is 12.8 Å². The molecule has 0 radical (unpaired) electrons. The van der Waals surface area contributed by atoms with E-state index in [4.69, 9.17) is 5.26 Å². The molecule has 2 aromatic rings. The zero-order chi connectivity index (χ0) is 21.0. The van der Waals surface area contributed by atoms with Crippen LogP contribution in [-0.2, 0) is 14.8 Å². The minimum absolute atomic E-state index is 0.172. The highest BCUT2D eigenvalue weighted by molar-refractivity contribution is 7.89. The molecular weight excluding hydrogens is 395 g/mol. The van der Waals surface area contributed by atoms with Crippen molar-refractivity contribution in [3.05, 3.63) is 59.9 Å². The minimum atomic E-state index is -3.91. The second-order valence-electron chi connectivity index (χ2n) is 6.72. The molecule has 1 aliphatic rings. The van der Waals surface area contributed by atoms with E-state index in [0.29, 0.717) is 24.3 Å². The van der Waals surface area contributed by atoms with Crippen LogP contribution in [0.3, 0.4) is 0 Å². The maximum Gasteiger partial charge on any atom is 0.246 e. The van der Waals surface area contributed by atoms with Crippen molar-refractivity contribution >= 4 is 21.6 Å². The van der Waals surface area contributed by atoms with Crippen LogP contribution in [0, 0.1) is 17.1 Å². The molecule has 7 nitrogen and oxygen atoms in total. The number of nitrogens with zero attached hydrogens (tertiary/aromatic N) is 3. The molecule has 0 bridgehead atoms. The van der Waals surface area contributed by atoms with Crippen LogP contribution in [0.2, 0.25) is 0 Å². The highest BCUT2D eigenvalue weighted by atomic mass is 32.2. The number of nitrogens with one attached hydrogen (secondary N) is 1. The van der Waals surface area contributed by atoms with Gasteiger partial charge in [-0.15, -0.1) is 0 Å². The van der Waals surface area contributed by atoms with E-state index in [1.807, 2.05) is 11.0 Å². The highest BCUT2D eigenvalue weighted by Crippen LogP contribution is 2.21. The van der Waals surface area contributed by atoms with Crippen molar-refractivity contribution in [2.45, 2.75) is 17.9 Å². The van der Waals surface area contributed by atoms with Gasteiger partial charge < -0.3 is 5.32 Å². The summed E-state index contributed by atoms with van der Waals surface area (Å²) in [5.74, 6) is -0.995. The van der Waals surface area contributed by atoms with Crippen molar-refractivity contribution in [2.24, 2.45) is 0 Å². The quantitative estimate of drug-likeness (QED) is 0.805. The van der Waals surface area contributed by atoms with Gasteiger partial charge in [-0.3, -0.25) is 9.69 Å². The van der Waals surface area contributed by atoms with Gasteiger partial charge in [-0.1, -0.05) is 12.1 Å². The number of piperazine rings is 1. The van der Waals surface area contributed by atoms with E-state index in [9.17, 15) is 17.6 Å². The van der Waals surface area contributed by atoms with E-state index in [-0.39, 0.29) is 23.9 Å². The van der Waals surface area contributed by atoms with Crippen molar-refractivity contribution < 1.29 is 17.6 Å². The second kappa shape index (κ2) is 8.69. The molecule has 1 aliphatic heterocycles. The van der Waals surface area contributed by atoms with Crippen molar-refractivity contribution in [2.75, 3.05) is 31.5 Å². The maximum atomic E-state index is 13.9. The zero-order valence-corrected chi connectivity index (χ0v) is 16.7. The van der Waals surface area contributed by atoms with Gasteiger partial charge >= 0.3 is 0 Å². The van der Waals surface area contributed by atoms with Crippen molar-refractivity contribution in [1.29, 1.82) is 5.26 Å². The van der Waals surface area contributed by atoms with E-state index >= 15 is 0 Å². The molecule has 0 aliphatic carbocycles. The topological polar surface area (TPSA) is 93.5 Å². The number of anilines is 1. The minimum Gasteiger partial charge on any atom is -0.325 e. The Labute approximate surface area is 169 Å². The highest BCUT2D eigenvalue weighted by Gasteiger charge is 2.33. The van der Waals surface area contributed by atoms with Gasteiger partial charge in [-0.2, -0.15) is 9.57 Å². The summed E-state index contributed by atoms with van der Waals surface area (Å²) < 4.78 is 40.5. The lowest BCUT2D eigenvalue weighted by molar-refractivity contribution is -0.121. The first kappa shape index (κ1) is 20.9. The van der Waals surface area contributed by atoms with Crippen LogP contribution in [0.25, 0.3) is 0 Å². The van der Waals surface area contributed by atoms with Crippen LogP contribution in [0.1, 0.15) is 12.5 Å². The van der Waals surface area contributed by atoms with Crippen LogP contribution in [0.15, 0.2) is 53.4 Å². The Morgan fingerprint density at radius 1 is 1.10 bits per heavy atom. The van der Waals surface area contributed by atoms with Crippen LogP contribution in [-0.4, -0.2) is 55.8 Å². The average molecular weight is 416 g/mol. The Balaban J connectivity index is 1.60. The Kier molecular flexibility index (Phi) is 6.27. The summed E-state index contributed by atoms with van der Waals surface area (Å²) in [5, 5.41) is 11.6. The normalized spacial score (nSPS) is 16.7. The van der Waals surface area contributed by atoms with Gasteiger partial charge in [0.15, 0.2) is 0 Å². The molecule has 9 heteroatoms. The number of halogens is 1. The van der Waals surface area contributed by atoms with E-state index in [1.165, 1.54) is 22.5 Å². The summed E-state index contributed by atoms with van der Waals surface area (Å²) in [6, 6.07) is 13.4. The molecule has 1 fully saturated rings. The Bertz CT molecular complexity index is 1030. The van der Waals surface area contributed by atoms with Gasteiger partial charge in [0, 0.05) is 31.9 Å². The summed E-state index contributed by atoms with van der Waals surface area (Å²) in [4.78, 5) is 14.1. The third-order valence-corrected chi connectivity index (χ3v) is 6.87. The Morgan fingerprint density at radius 3 is 2.31 bits per heavy atom. The van der Waals surface area contributed by atoms with E-state index in [2.05, 4.69) is 5.32 Å². The average Bonchev–Trinajstić information content (AvgIpc) is 2.74. The third-order valence-electron chi connectivity index (χ3n) is 4.94. The van der Waals surface area contributed by atoms with Gasteiger partial charge in [0.2, 0.25) is 15.9 Å². The molecule has 1 unspecified atom stereocenters. The van der Waals surface area contributed by atoms with Crippen molar-refractivity contribution in [1.82, 2.24) is 9.21 Å². The first-order chi connectivity index (χ1) is 13.8. The lowest BCUT2D eigenvalue weighted by atomic mass is 10.2. The predicted molar refractivity (Wildman–Crippen MR) is 106 cm³/mol. The van der Waals surface area contributed by atoms with E-state index < -0.39 is 21.9 Å². The number of carbonyl (C=O) groups is 1. The Hall–Kier alpha value is -2.80. The zero-order valence-electron chi connectivity index (χ0n) is 15.9. The lowest BCUT2D eigenvalue weighted by Gasteiger charge is -2.36. The molecule has 1 atom stereocenters. The molecule has 1 saturated heterocycles. The number of nitriles is 1. The van der Waals surface area contributed by atoms with E-state index in [0.717, 1.165) is 6.07 Å². The van der Waals surface area contributed by atoms with Crippen LogP contribution < -0.4 is 5.32 Å². The fourth-order valence-corrected chi connectivity index (χ4v) is 4.65. The smallest absolute Gasteiger partial charge is 0.246 e. The van der Waals surface area contributed by atoms with Gasteiger partial charge in [0.25, 0.3) is 0 Å². The van der Waals surface area contributed by atoms with E-state index in [1.54, 1.807) is 31.2 Å². The first-order valence-electron chi connectivity index (χ1n) is 9.12. The SMILES string of the molecule is CC(C(=O)Nc1ccc(C#N)cc1)N1CCN(S(=O)(=O)c2ccccc2F)CC1. The third kappa shape index (κ3) is 4.62. The summed E-state index contributed by atoms with van der Waals surface area (Å²) in [5.41, 5.74) is 1.09. The van der Waals surface area contributed by atoms with Gasteiger partial charge in [0.1, 0.15) is 10.7 Å². The number of sulfonamides is 1.